The summed E-state index contributed by atoms with van der Waals surface area (Å²) in [6, 6.07) is 3.61. The maximum absolute atomic E-state index is 12.4. The molecular weight excluding hydrogens is 332 g/mol. The minimum Gasteiger partial charge on any atom is -0.354 e. The number of carbonyl (C=O) groups is 1. The van der Waals surface area contributed by atoms with Crippen molar-refractivity contribution >= 4 is 5.91 Å². The molecule has 0 radical (unpaired) electrons. The SMILES string of the molecule is O=C(NCCc1nc(-c2cccnc2)no1)[C@@H]1CC2(CCNCC2)CN1. The van der Waals surface area contributed by atoms with Gasteiger partial charge in [-0.25, -0.2) is 0 Å². The smallest absolute Gasteiger partial charge is 0.237 e. The number of aromatic nitrogens is 3. The number of hydrogen-bond acceptors (Lipinski definition) is 7. The maximum atomic E-state index is 12.4. The van der Waals surface area contributed by atoms with Crippen molar-refractivity contribution in [3.8, 4) is 11.4 Å². The Labute approximate surface area is 152 Å². The highest BCUT2D eigenvalue weighted by Crippen LogP contribution is 2.37. The summed E-state index contributed by atoms with van der Waals surface area (Å²) in [5.74, 6) is 1.09. The van der Waals surface area contributed by atoms with Crippen LogP contribution in [0.3, 0.4) is 0 Å². The van der Waals surface area contributed by atoms with Crippen LogP contribution >= 0.6 is 0 Å². The van der Waals surface area contributed by atoms with E-state index in [1.807, 2.05) is 12.1 Å². The summed E-state index contributed by atoms with van der Waals surface area (Å²) in [7, 11) is 0. The average Bonchev–Trinajstić information content (AvgIpc) is 3.31. The van der Waals surface area contributed by atoms with E-state index in [2.05, 4.69) is 31.1 Å². The van der Waals surface area contributed by atoms with Crippen molar-refractivity contribution in [3.63, 3.8) is 0 Å². The van der Waals surface area contributed by atoms with Crippen LogP contribution in [0.25, 0.3) is 11.4 Å². The number of piperidine rings is 1. The molecule has 1 amide bonds. The molecule has 2 aliphatic rings. The zero-order valence-corrected chi connectivity index (χ0v) is 14.7. The van der Waals surface area contributed by atoms with Crippen LogP contribution in [0.1, 0.15) is 25.2 Å². The Kier molecular flexibility index (Phi) is 4.94. The molecule has 2 aromatic rings. The Morgan fingerprint density at radius 1 is 1.38 bits per heavy atom. The molecule has 26 heavy (non-hydrogen) atoms. The van der Waals surface area contributed by atoms with Crippen molar-refractivity contribution < 1.29 is 9.32 Å². The normalized spacial score (nSPS) is 21.8. The van der Waals surface area contributed by atoms with Crippen molar-refractivity contribution in [2.24, 2.45) is 5.41 Å². The first-order chi connectivity index (χ1) is 12.7. The Morgan fingerprint density at radius 3 is 3.08 bits per heavy atom. The molecule has 3 N–H and O–H groups in total. The van der Waals surface area contributed by atoms with Crippen LogP contribution in [-0.2, 0) is 11.2 Å². The monoisotopic (exact) mass is 356 g/mol. The van der Waals surface area contributed by atoms with E-state index in [1.165, 1.54) is 0 Å². The van der Waals surface area contributed by atoms with Crippen molar-refractivity contribution in [1.29, 1.82) is 0 Å². The molecule has 1 atom stereocenters. The molecule has 4 heterocycles. The first kappa shape index (κ1) is 17.1. The number of nitrogens with zero attached hydrogens (tertiary/aromatic N) is 3. The number of nitrogens with one attached hydrogen (secondary N) is 3. The predicted octanol–water partition coefficient (Wildman–Crippen LogP) is 0.522. The molecule has 0 saturated carbocycles. The minimum absolute atomic E-state index is 0.0624. The quantitative estimate of drug-likeness (QED) is 0.717. The molecule has 0 unspecified atom stereocenters. The first-order valence-electron chi connectivity index (χ1n) is 9.19. The summed E-state index contributed by atoms with van der Waals surface area (Å²) in [5.41, 5.74) is 1.10. The standard InChI is InChI=1S/C18H24N6O2/c25-17(14-10-18(12-22-14)4-8-19-9-5-18)21-7-3-15-23-16(24-26-15)13-2-1-6-20-11-13/h1-2,6,11,14,19,22H,3-5,7-10,12H2,(H,21,25)/t14-/m0/s1. The summed E-state index contributed by atoms with van der Waals surface area (Å²) in [4.78, 5) is 20.8. The van der Waals surface area contributed by atoms with Crippen molar-refractivity contribution in [2.45, 2.75) is 31.7 Å². The maximum Gasteiger partial charge on any atom is 0.237 e. The van der Waals surface area contributed by atoms with E-state index in [0.29, 0.717) is 30.1 Å². The topological polar surface area (TPSA) is 105 Å². The highest BCUT2D eigenvalue weighted by Gasteiger charge is 2.41. The summed E-state index contributed by atoms with van der Waals surface area (Å²) < 4.78 is 5.25. The summed E-state index contributed by atoms with van der Waals surface area (Å²) >= 11 is 0. The molecule has 138 valence electrons. The molecule has 1 spiro atoms. The van der Waals surface area contributed by atoms with Crippen molar-refractivity contribution in [2.75, 3.05) is 26.2 Å². The van der Waals surface area contributed by atoms with Gasteiger partial charge in [-0.1, -0.05) is 5.16 Å². The van der Waals surface area contributed by atoms with Crippen LogP contribution < -0.4 is 16.0 Å². The predicted molar refractivity (Wildman–Crippen MR) is 95.2 cm³/mol. The molecule has 0 bridgehead atoms. The summed E-state index contributed by atoms with van der Waals surface area (Å²) in [6.07, 6.45) is 7.11. The van der Waals surface area contributed by atoms with Crippen molar-refractivity contribution in [1.82, 2.24) is 31.1 Å². The van der Waals surface area contributed by atoms with Crippen LogP contribution in [0.15, 0.2) is 29.0 Å². The summed E-state index contributed by atoms with van der Waals surface area (Å²) in [6.45, 7) is 3.52. The van der Waals surface area contributed by atoms with E-state index < -0.39 is 0 Å². The highest BCUT2D eigenvalue weighted by molar-refractivity contribution is 5.82. The van der Waals surface area contributed by atoms with Gasteiger partial charge < -0.3 is 20.5 Å². The van der Waals surface area contributed by atoms with Gasteiger partial charge in [-0.3, -0.25) is 9.78 Å². The van der Waals surface area contributed by atoms with Crippen LogP contribution in [0.5, 0.6) is 0 Å². The lowest BCUT2D eigenvalue weighted by atomic mass is 9.77. The van der Waals surface area contributed by atoms with Gasteiger partial charge in [-0.05, 0) is 49.9 Å². The molecule has 8 nitrogen and oxygen atoms in total. The molecule has 2 aliphatic heterocycles. The fraction of sp³-hybridized carbons (Fsp3) is 0.556. The fourth-order valence-electron chi connectivity index (χ4n) is 3.82. The number of hydrogen-bond donors (Lipinski definition) is 3. The number of carbonyl (C=O) groups excluding carboxylic acids is 1. The van der Waals surface area contributed by atoms with E-state index in [-0.39, 0.29) is 11.9 Å². The molecule has 8 heteroatoms. The van der Waals surface area contributed by atoms with Gasteiger partial charge in [0.05, 0.1) is 6.04 Å². The lowest BCUT2D eigenvalue weighted by molar-refractivity contribution is -0.122. The second-order valence-electron chi connectivity index (χ2n) is 7.18. The molecule has 2 saturated heterocycles. The second kappa shape index (κ2) is 7.51. The van der Waals surface area contributed by atoms with Gasteiger partial charge in [0.2, 0.25) is 17.6 Å². The van der Waals surface area contributed by atoms with Gasteiger partial charge in [0.1, 0.15) is 0 Å². The summed E-state index contributed by atoms with van der Waals surface area (Å²) in [5, 5.41) is 13.7. The number of amides is 1. The Hall–Kier alpha value is -2.32. The fourth-order valence-corrected chi connectivity index (χ4v) is 3.82. The average molecular weight is 356 g/mol. The molecule has 2 fully saturated rings. The second-order valence-corrected chi connectivity index (χ2v) is 7.18. The van der Waals surface area contributed by atoms with Crippen LogP contribution in [0.2, 0.25) is 0 Å². The first-order valence-corrected chi connectivity index (χ1v) is 9.19. The number of pyridine rings is 1. The van der Waals surface area contributed by atoms with Gasteiger partial charge >= 0.3 is 0 Å². The van der Waals surface area contributed by atoms with Gasteiger partial charge in [-0.15, -0.1) is 0 Å². The van der Waals surface area contributed by atoms with Gasteiger partial charge in [0.15, 0.2) is 0 Å². The van der Waals surface area contributed by atoms with E-state index in [4.69, 9.17) is 4.52 Å². The van der Waals surface area contributed by atoms with Crippen molar-refractivity contribution in [3.05, 3.63) is 30.4 Å². The largest absolute Gasteiger partial charge is 0.354 e. The molecule has 2 aromatic heterocycles. The molecule has 0 aliphatic carbocycles. The van der Waals surface area contributed by atoms with Crippen LogP contribution in [0, 0.1) is 5.41 Å². The van der Waals surface area contributed by atoms with Gasteiger partial charge in [0.25, 0.3) is 0 Å². The number of rotatable bonds is 5. The lowest BCUT2D eigenvalue weighted by Crippen LogP contribution is -2.41. The van der Waals surface area contributed by atoms with Gasteiger partial charge in [0, 0.05) is 37.5 Å². The third kappa shape index (κ3) is 3.76. The van der Waals surface area contributed by atoms with Crippen LogP contribution in [0.4, 0.5) is 0 Å². The highest BCUT2D eigenvalue weighted by atomic mass is 16.5. The molecule has 4 rings (SSSR count). The molecule has 0 aromatic carbocycles. The Morgan fingerprint density at radius 2 is 2.27 bits per heavy atom. The zero-order chi connectivity index (χ0) is 17.8. The lowest BCUT2D eigenvalue weighted by Gasteiger charge is -2.33. The minimum atomic E-state index is -0.0956. The Bertz CT molecular complexity index is 741. The third-order valence-corrected chi connectivity index (χ3v) is 5.37. The van der Waals surface area contributed by atoms with Gasteiger partial charge in [-0.2, -0.15) is 4.98 Å². The van der Waals surface area contributed by atoms with E-state index in [9.17, 15) is 4.79 Å². The molecular formula is C18H24N6O2. The zero-order valence-electron chi connectivity index (χ0n) is 14.7. The Balaban J connectivity index is 1.25. The van der Waals surface area contributed by atoms with E-state index >= 15 is 0 Å². The van der Waals surface area contributed by atoms with E-state index in [0.717, 1.165) is 44.5 Å². The third-order valence-electron chi connectivity index (χ3n) is 5.37. The van der Waals surface area contributed by atoms with Crippen LogP contribution in [-0.4, -0.2) is 53.3 Å². The van der Waals surface area contributed by atoms with E-state index in [1.54, 1.807) is 12.4 Å².